The second-order valence-electron chi connectivity index (χ2n) is 2.66. The SMILES string of the molecule is Brc1ccc(Br)c(C2=NCCO2)c1. The molecule has 0 radical (unpaired) electrons. The molecule has 1 aromatic rings. The van der Waals surface area contributed by atoms with Crippen molar-refractivity contribution >= 4 is 37.8 Å². The van der Waals surface area contributed by atoms with Crippen LogP contribution < -0.4 is 0 Å². The average Bonchev–Trinajstić information content (AvgIpc) is 2.61. The smallest absolute Gasteiger partial charge is 0.217 e. The maximum Gasteiger partial charge on any atom is 0.217 e. The minimum atomic E-state index is 0.689. The molecule has 0 unspecified atom stereocenters. The maximum absolute atomic E-state index is 5.37. The first-order valence-corrected chi connectivity index (χ1v) is 5.48. The van der Waals surface area contributed by atoms with Crippen LogP contribution >= 0.6 is 31.9 Å². The third-order valence-electron chi connectivity index (χ3n) is 1.74. The van der Waals surface area contributed by atoms with E-state index >= 15 is 0 Å². The maximum atomic E-state index is 5.37. The Bertz CT molecular complexity index is 363. The zero-order valence-electron chi connectivity index (χ0n) is 6.76. The van der Waals surface area contributed by atoms with E-state index in [1.807, 2.05) is 18.2 Å². The van der Waals surface area contributed by atoms with Crippen molar-refractivity contribution in [2.24, 2.45) is 4.99 Å². The number of ether oxygens (including phenoxy) is 1. The van der Waals surface area contributed by atoms with E-state index in [1.54, 1.807) is 0 Å². The number of hydrogen-bond acceptors (Lipinski definition) is 2. The highest BCUT2D eigenvalue weighted by Gasteiger charge is 2.13. The van der Waals surface area contributed by atoms with E-state index < -0.39 is 0 Å². The minimum Gasteiger partial charge on any atom is -0.475 e. The van der Waals surface area contributed by atoms with Crippen molar-refractivity contribution in [2.75, 3.05) is 13.2 Å². The molecule has 0 amide bonds. The summed E-state index contributed by atoms with van der Waals surface area (Å²) in [6, 6.07) is 5.95. The molecular formula is C9H7Br2NO. The Morgan fingerprint density at radius 2 is 2.15 bits per heavy atom. The summed E-state index contributed by atoms with van der Waals surface area (Å²) in [5, 5.41) is 0. The second-order valence-corrected chi connectivity index (χ2v) is 4.43. The van der Waals surface area contributed by atoms with Crippen LogP contribution in [0.3, 0.4) is 0 Å². The third-order valence-corrected chi connectivity index (χ3v) is 2.93. The van der Waals surface area contributed by atoms with Crippen LogP contribution in [0.1, 0.15) is 5.56 Å². The third kappa shape index (κ3) is 1.94. The van der Waals surface area contributed by atoms with Gasteiger partial charge in [-0.15, -0.1) is 0 Å². The monoisotopic (exact) mass is 303 g/mol. The van der Waals surface area contributed by atoms with Gasteiger partial charge in [-0.2, -0.15) is 0 Å². The Kier molecular flexibility index (Phi) is 2.69. The minimum absolute atomic E-state index is 0.689. The lowest BCUT2D eigenvalue weighted by atomic mass is 10.2. The van der Waals surface area contributed by atoms with E-state index in [-0.39, 0.29) is 0 Å². The predicted molar refractivity (Wildman–Crippen MR) is 59.2 cm³/mol. The van der Waals surface area contributed by atoms with Crippen molar-refractivity contribution < 1.29 is 4.74 Å². The Hall–Kier alpha value is -0.350. The van der Waals surface area contributed by atoms with Gasteiger partial charge in [-0.05, 0) is 34.1 Å². The fraction of sp³-hybridized carbons (Fsp3) is 0.222. The van der Waals surface area contributed by atoms with E-state index in [2.05, 4.69) is 36.9 Å². The zero-order chi connectivity index (χ0) is 9.26. The molecule has 1 aliphatic heterocycles. The number of halogens is 2. The lowest BCUT2D eigenvalue weighted by Crippen LogP contribution is -2.01. The second kappa shape index (κ2) is 3.80. The summed E-state index contributed by atoms with van der Waals surface area (Å²) in [5.74, 6) is 0.730. The summed E-state index contributed by atoms with van der Waals surface area (Å²) in [7, 11) is 0. The molecule has 0 N–H and O–H groups in total. The van der Waals surface area contributed by atoms with Crippen LogP contribution in [0.5, 0.6) is 0 Å². The van der Waals surface area contributed by atoms with Crippen molar-refractivity contribution in [3.8, 4) is 0 Å². The predicted octanol–water partition coefficient (Wildman–Crippen LogP) is 2.99. The largest absolute Gasteiger partial charge is 0.475 e. The molecule has 0 saturated carbocycles. The molecule has 0 aliphatic carbocycles. The fourth-order valence-electron chi connectivity index (χ4n) is 1.16. The highest BCUT2D eigenvalue weighted by molar-refractivity contribution is 9.11. The Morgan fingerprint density at radius 1 is 1.31 bits per heavy atom. The Morgan fingerprint density at radius 3 is 2.85 bits per heavy atom. The number of aliphatic imine (C=N–C) groups is 1. The molecule has 0 saturated heterocycles. The van der Waals surface area contributed by atoms with Gasteiger partial charge < -0.3 is 4.74 Å². The molecule has 0 aromatic heterocycles. The van der Waals surface area contributed by atoms with Crippen LogP contribution in [-0.4, -0.2) is 19.0 Å². The number of rotatable bonds is 1. The van der Waals surface area contributed by atoms with Gasteiger partial charge in [0.05, 0.1) is 12.1 Å². The molecule has 0 fully saturated rings. The van der Waals surface area contributed by atoms with Crippen molar-refractivity contribution in [3.63, 3.8) is 0 Å². The van der Waals surface area contributed by atoms with Crippen LogP contribution in [-0.2, 0) is 4.74 Å². The first-order chi connectivity index (χ1) is 6.27. The lowest BCUT2D eigenvalue weighted by Gasteiger charge is -2.04. The number of hydrogen-bond donors (Lipinski definition) is 0. The molecule has 2 rings (SSSR count). The molecular weight excluding hydrogens is 298 g/mol. The van der Waals surface area contributed by atoms with Gasteiger partial charge in [0.1, 0.15) is 6.61 Å². The average molecular weight is 305 g/mol. The van der Waals surface area contributed by atoms with Gasteiger partial charge in [0.15, 0.2) is 0 Å². The molecule has 0 spiro atoms. The highest BCUT2D eigenvalue weighted by atomic mass is 79.9. The van der Waals surface area contributed by atoms with E-state index in [1.165, 1.54) is 0 Å². The quantitative estimate of drug-likeness (QED) is 0.781. The molecule has 0 atom stereocenters. The zero-order valence-corrected chi connectivity index (χ0v) is 9.93. The molecule has 4 heteroatoms. The fourth-order valence-corrected chi connectivity index (χ4v) is 1.94. The number of nitrogens with zero attached hydrogens (tertiary/aromatic N) is 1. The van der Waals surface area contributed by atoms with Crippen LogP contribution in [0.15, 0.2) is 32.1 Å². The summed E-state index contributed by atoms with van der Waals surface area (Å²) in [6.45, 7) is 1.45. The first-order valence-electron chi connectivity index (χ1n) is 3.90. The lowest BCUT2D eigenvalue weighted by molar-refractivity contribution is 0.348. The van der Waals surface area contributed by atoms with Crippen LogP contribution in [0.2, 0.25) is 0 Å². The molecule has 0 bridgehead atoms. The van der Waals surface area contributed by atoms with Gasteiger partial charge in [-0.3, -0.25) is 0 Å². The Labute approximate surface area is 93.3 Å². The van der Waals surface area contributed by atoms with E-state index in [0.29, 0.717) is 6.61 Å². The van der Waals surface area contributed by atoms with Gasteiger partial charge in [-0.1, -0.05) is 15.9 Å². The van der Waals surface area contributed by atoms with Crippen molar-refractivity contribution in [1.29, 1.82) is 0 Å². The molecule has 13 heavy (non-hydrogen) atoms. The van der Waals surface area contributed by atoms with Gasteiger partial charge in [0, 0.05) is 8.95 Å². The number of benzene rings is 1. The van der Waals surface area contributed by atoms with Gasteiger partial charge in [0.25, 0.3) is 0 Å². The van der Waals surface area contributed by atoms with Gasteiger partial charge in [-0.25, -0.2) is 4.99 Å². The van der Waals surface area contributed by atoms with Crippen LogP contribution in [0.4, 0.5) is 0 Å². The van der Waals surface area contributed by atoms with Gasteiger partial charge in [0.2, 0.25) is 5.90 Å². The summed E-state index contributed by atoms with van der Waals surface area (Å²) in [6.07, 6.45) is 0. The van der Waals surface area contributed by atoms with Gasteiger partial charge >= 0.3 is 0 Å². The molecule has 1 heterocycles. The summed E-state index contributed by atoms with van der Waals surface area (Å²) >= 11 is 6.87. The van der Waals surface area contributed by atoms with Crippen LogP contribution in [0.25, 0.3) is 0 Å². The summed E-state index contributed by atoms with van der Waals surface area (Å²) < 4.78 is 7.42. The van der Waals surface area contributed by atoms with E-state index in [0.717, 1.165) is 27.0 Å². The summed E-state index contributed by atoms with van der Waals surface area (Å²) in [4.78, 5) is 4.25. The molecule has 1 aliphatic rings. The molecule has 2 nitrogen and oxygen atoms in total. The first kappa shape index (κ1) is 9.21. The molecule has 68 valence electrons. The van der Waals surface area contributed by atoms with E-state index in [4.69, 9.17) is 4.74 Å². The van der Waals surface area contributed by atoms with E-state index in [9.17, 15) is 0 Å². The highest BCUT2D eigenvalue weighted by Crippen LogP contribution is 2.23. The standard InChI is InChI=1S/C9H7Br2NO/c10-6-1-2-8(11)7(5-6)9-12-3-4-13-9/h1-2,5H,3-4H2. The Balaban J connectivity index is 2.43. The van der Waals surface area contributed by atoms with Crippen LogP contribution in [0, 0.1) is 0 Å². The normalized spacial score (nSPS) is 15.4. The van der Waals surface area contributed by atoms with Crippen molar-refractivity contribution in [2.45, 2.75) is 0 Å². The topological polar surface area (TPSA) is 21.6 Å². The summed E-state index contributed by atoms with van der Waals surface area (Å²) in [5.41, 5.74) is 1.01. The molecule has 1 aromatic carbocycles. The van der Waals surface area contributed by atoms with Crippen molar-refractivity contribution in [1.82, 2.24) is 0 Å². The van der Waals surface area contributed by atoms with Crippen molar-refractivity contribution in [3.05, 3.63) is 32.7 Å².